The summed E-state index contributed by atoms with van der Waals surface area (Å²) >= 11 is 5.55. The van der Waals surface area contributed by atoms with Crippen molar-refractivity contribution in [3.8, 4) is 0 Å². The van der Waals surface area contributed by atoms with Crippen LogP contribution in [0.25, 0.3) is 0 Å². The Morgan fingerprint density at radius 1 is 1.19 bits per heavy atom. The first-order valence-corrected chi connectivity index (χ1v) is 6.70. The largest absolute Gasteiger partial charge is 0.328 e. The Balaban J connectivity index is 1.75. The molecule has 2 heterocycles. The van der Waals surface area contributed by atoms with Crippen molar-refractivity contribution in [2.24, 2.45) is 5.73 Å². The van der Waals surface area contributed by atoms with Crippen LogP contribution < -0.4 is 5.73 Å². The van der Waals surface area contributed by atoms with Crippen LogP contribution in [0.15, 0.2) is 11.6 Å². The zero-order valence-electron chi connectivity index (χ0n) is 9.82. The van der Waals surface area contributed by atoms with Gasteiger partial charge in [-0.25, -0.2) is 0 Å². The van der Waals surface area contributed by atoms with Crippen LogP contribution in [-0.2, 0) is 0 Å². The van der Waals surface area contributed by atoms with Gasteiger partial charge < -0.3 is 5.73 Å². The lowest BCUT2D eigenvalue weighted by Gasteiger charge is -2.34. The Labute approximate surface area is 103 Å². The van der Waals surface area contributed by atoms with Crippen molar-refractivity contribution in [2.45, 2.75) is 31.3 Å². The maximum absolute atomic E-state index is 5.93. The van der Waals surface area contributed by atoms with Gasteiger partial charge in [-0.3, -0.25) is 9.80 Å². The molecule has 0 aromatic rings. The second kappa shape index (κ2) is 6.01. The molecule has 0 aliphatic carbocycles. The first kappa shape index (κ1) is 12.4. The highest BCUT2D eigenvalue weighted by molar-refractivity contribution is 6.25. The van der Waals surface area contributed by atoms with Crippen LogP contribution in [0.4, 0.5) is 0 Å². The fraction of sp³-hybridized carbons (Fsp3) is 0.833. The molecule has 16 heavy (non-hydrogen) atoms. The van der Waals surface area contributed by atoms with Crippen molar-refractivity contribution in [3.05, 3.63) is 11.6 Å². The molecule has 0 aromatic carbocycles. The van der Waals surface area contributed by atoms with Gasteiger partial charge in [-0.05, 0) is 32.4 Å². The van der Waals surface area contributed by atoms with E-state index in [9.17, 15) is 0 Å². The number of rotatable bonds is 3. The van der Waals surface area contributed by atoms with Gasteiger partial charge in [0, 0.05) is 37.3 Å². The predicted molar refractivity (Wildman–Crippen MR) is 68.6 cm³/mol. The van der Waals surface area contributed by atoms with E-state index >= 15 is 0 Å². The van der Waals surface area contributed by atoms with Crippen molar-refractivity contribution in [1.82, 2.24) is 9.80 Å². The fourth-order valence-electron chi connectivity index (χ4n) is 2.75. The van der Waals surface area contributed by atoms with E-state index in [1.807, 2.05) is 6.08 Å². The summed E-state index contributed by atoms with van der Waals surface area (Å²) in [5, 5.41) is 0. The van der Waals surface area contributed by atoms with E-state index in [0.29, 0.717) is 6.04 Å². The van der Waals surface area contributed by atoms with Crippen LogP contribution in [-0.4, -0.2) is 54.6 Å². The summed E-state index contributed by atoms with van der Waals surface area (Å²) in [4.78, 5) is 5.09. The standard InChI is InChI=1S/C12H22ClN3/c13-5-1-6-15-7-4-12(10-15)16-8-2-11(14)3-9-16/h1,5,11-12H,2-4,6-10,14H2/b5-1+. The SMILES string of the molecule is NC1CCN(C2CCN(C/C=C/Cl)C2)CC1. The van der Waals surface area contributed by atoms with E-state index in [4.69, 9.17) is 17.3 Å². The van der Waals surface area contributed by atoms with Gasteiger partial charge in [-0.15, -0.1) is 0 Å². The van der Waals surface area contributed by atoms with Crippen LogP contribution in [0.2, 0.25) is 0 Å². The summed E-state index contributed by atoms with van der Waals surface area (Å²) in [7, 11) is 0. The zero-order valence-corrected chi connectivity index (χ0v) is 10.6. The van der Waals surface area contributed by atoms with Gasteiger partial charge >= 0.3 is 0 Å². The Bertz CT molecular complexity index is 236. The Morgan fingerprint density at radius 2 is 1.94 bits per heavy atom. The lowest BCUT2D eigenvalue weighted by atomic mass is 10.0. The Hall–Kier alpha value is -0.0900. The molecule has 2 aliphatic heterocycles. The van der Waals surface area contributed by atoms with Gasteiger partial charge in [0.2, 0.25) is 0 Å². The molecule has 2 saturated heterocycles. The number of likely N-dealkylation sites (tertiary alicyclic amines) is 2. The molecule has 4 heteroatoms. The van der Waals surface area contributed by atoms with Crippen LogP contribution >= 0.6 is 11.6 Å². The number of nitrogens with two attached hydrogens (primary N) is 1. The van der Waals surface area contributed by atoms with Crippen LogP contribution in [0, 0.1) is 0 Å². The van der Waals surface area contributed by atoms with Gasteiger partial charge in [0.1, 0.15) is 0 Å². The normalized spacial score (nSPS) is 30.5. The van der Waals surface area contributed by atoms with Gasteiger partial charge in [0.05, 0.1) is 0 Å². The molecule has 1 unspecified atom stereocenters. The summed E-state index contributed by atoms with van der Waals surface area (Å²) < 4.78 is 0. The molecule has 3 nitrogen and oxygen atoms in total. The predicted octanol–water partition coefficient (Wildman–Crippen LogP) is 1.24. The third-order valence-corrected chi connectivity index (χ3v) is 3.97. The van der Waals surface area contributed by atoms with Crippen LogP contribution in [0.3, 0.4) is 0 Å². The highest BCUT2D eigenvalue weighted by Gasteiger charge is 2.29. The molecule has 2 N–H and O–H groups in total. The molecule has 1 atom stereocenters. The van der Waals surface area contributed by atoms with E-state index in [1.54, 1.807) is 5.54 Å². The molecule has 2 fully saturated rings. The lowest BCUT2D eigenvalue weighted by Crippen LogP contribution is -2.46. The Kier molecular flexibility index (Phi) is 4.65. The zero-order chi connectivity index (χ0) is 11.4. The molecule has 0 aromatic heterocycles. The summed E-state index contributed by atoms with van der Waals surface area (Å²) in [6.45, 7) is 5.76. The first-order valence-electron chi connectivity index (χ1n) is 6.27. The molecular weight excluding hydrogens is 222 g/mol. The van der Waals surface area contributed by atoms with Crippen LogP contribution in [0.1, 0.15) is 19.3 Å². The Morgan fingerprint density at radius 3 is 2.62 bits per heavy atom. The molecule has 2 aliphatic rings. The number of hydrogen-bond acceptors (Lipinski definition) is 3. The van der Waals surface area contributed by atoms with Crippen molar-refractivity contribution in [2.75, 3.05) is 32.7 Å². The summed E-state index contributed by atoms with van der Waals surface area (Å²) in [6.07, 6.45) is 5.65. The minimum atomic E-state index is 0.438. The highest BCUT2D eigenvalue weighted by Crippen LogP contribution is 2.19. The number of halogens is 1. The van der Waals surface area contributed by atoms with Crippen molar-refractivity contribution in [3.63, 3.8) is 0 Å². The maximum Gasteiger partial charge on any atom is 0.0235 e. The maximum atomic E-state index is 5.93. The molecule has 0 spiro atoms. The molecule has 0 amide bonds. The molecule has 0 bridgehead atoms. The monoisotopic (exact) mass is 243 g/mol. The molecule has 2 rings (SSSR count). The number of piperidine rings is 1. The minimum Gasteiger partial charge on any atom is -0.328 e. The van der Waals surface area contributed by atoms with E-state index in [-0.39, 0.29) is 0 Å². The second-order valence-electron chi connectivity index (χ2n) is 4.94. The third-order valence-electron chi connectivity index (χ3n) is 3.79. The van der Waals surface area contributed by atoms with E-state index in [1.165, 1.54) is 32.6 Å². The smallest absolute Gasteiger partial charge is 0.0235 e. The van der Waals surface area contributed by atoms with Crippen molar-refractivity contribution < 1.29 is 0 Å². The minimum absolute atomic E-state index is 0.438. The summed E-state index contributed by atoms with van der Waals surface area (Å²) in [6, 6.07) is 1.18. The summed E-state index contributed by atoms with van der Waals surface area (Å²) in [5.41, 5.74) is 7.55. The van der Waals surface area contributed by atoms with Crippen molar-refractivity contribution >= 4 is 11.6 Å². The van der Waals surface area contributed by atoms with Gasteiger partial charge in [0.15, 0.2) is 0 Å². The number of nitrogens with zero attached hydrogens (tertiary/aromatic N) is 2. The summed E-state index contributed by atoms with van der Waals surface area (Å²) in [5.74, 6) is 0. The highest BCUT2D eigenvalue weighted by atomic mass is 35.5. The lowest BCUT2D eigenvalue weighted by molar-refractivity contribution is 0.154. The van der Waals surface area contributed by atoms with Gasteiger partial charge in [0.25, 0.3) is 0 Å². The van der Waals surface area contributed by atoms with Gasteiger partial charge in [-0.2, -0.15) is 0 Å². The van der Waals surface area contributed by atoms with E-state index in [0.717, 1.165) is 25.4 Å². The van der Waals surface area contributed by atoms with E-state index < -0.39 is 0 Å². The molecule has 0 saturated carbocycles. The van der Waals surface area contributed by atoms with Crippen molar-refractivity contribution in [1.29, 1.82) is 0 Å². The van der Waals surface area contributed by atoms with Crippen LogP contribution in [0.5, 0.6) is 0 Å². The molecular formula is C12H22ClN3. The van der Waals surface area contributed by atoms with E-state index in [2.05, 4.69) is 9.80 Å². The number of hydrogen-bond donors (Lipinski definition) is 1. The molecule has 92 valence electrons. The first-order chi connectivity index (χ1) is 7.79. The second-order valence-corrected chi connectivity index (χ2v) is 5.19. The van der Waals surface area contributed by atoms with Gasteiger partial charge in [-0.1, -0.05) is 17.7 Å². The average molecular weight is 244 g/mol. The average Bonchev–Trinajstić information content (AvgIpc) is 2.76. The molecule has 0 radical (unpaired) electrons. The quantitative estimate of drug-likeness (QED) is 0.810. The topological polar surface area (TPSA) is 32.5 Å². The fourth-order valence-corrected chi connectivity index (χ4v) is 2.83. The third kappa shape index (κ3) is 3.20.